The molecule has 1 nitrogen and oxygen atoms in total. The molecule has 0 unspecified atom stereocenters. The van der Waals surface area contributed by atoms with Gasteiger partial charge in [-0.25, -0.2) is 0 Å². The summed E-state index contributed by atoms with van der Waals surface area (Å²) in [5.41, 5.74) is 0. The highest BCUT2D eigenvalue weighted by molar-refractivity contribution is 4.94. The van der Waals surface area contributed by atoms with Crippen LogP contribution in [0.15, 0.2) is 24.3 Å². The van der Waals surface area contributed by atoms with E-state index < -0.39 is 0 Å². The molecule has 13 heavy (non-hydrogen) atoms. The fraction of sp³-hybridized carbons (Fsp3) is 0.667. The van der Waals surface area contributed by atoms with Gasteiger partial charge in [-0.2, -0.15) is 0 Å². The van der Waals surface area contributed by atoms with Gasteiger partial charge in [0.15, 0.2) is 0 Å². The number of fused-ring (bicyclic) bond motifs is 1. The van der Waals surface area contributed by atoms with Gasteiger partial charge in [0.2, 0.25) is 0 Å². The van der Waals surface area contributed by atoms with E-state index >= 15 is 0 Å². The van der Waals surface area contributed by atoms with E-state index in [2.05, 4.69) is 24.3 Å². The highest BCUT2D eigenvalue weighted by Crippen LogP contribution is 2.30. The minimum atomic E-state index is 0.581. The molecule has 0 aromatic carbocycles. The first-order valence-electron chi connectivity index (χ1n) is 5.42. The summed E-state index contributed by atoms with van der Waals surface area (Å²) < 4.78 is 5.56. The molecule has 0 bridgehead atoms. The lowest BCUT2D eigenvalue weighted by Gasteiger charge is -1.94. The topological polar surface area (TPSA) is 12.5 Å². The molecular formula is C12H18O. The predicted octanol–water partition coefficient (Wildman–Crippen LogP) is 3.22. The predicted molar refractivity (Wildman–Crippen MR) is 54.6 cm³/mol. The maximum Gasteiger partial charge on any atom is 0.0845 e. The SMILES string of the molecule is C1=CCC[C@H]2O[C@@H]2CC/C=C/CC1. The Labute approximate surface area is 80.5 Å². The molecule has 2 rings (SSSR count). The lowest BCUT2D eigenvalue weighted by Crippen LogP contribution is -1.93. The number of hydrogen-bond acceptors (Lipinski definition) is 1. The molecular weight excluding hydrogens is 160 g/mol. The van der Waals surface area contributed by atoms with Crippen LogP contribution < -0.4 is 0 Å². The summed E-state index contributed by atoms with van der Waals surface area (Å²) in [6, 6.07) is 0. The number of ether oxygens (including phenoxy) is 1. The first-order chi connectivity index (χ1) is 6.47. The summed E-state index contributed by atoms with van der Waals surface area (Å²) in [4.78, 5) is 0. The van der Waals surface area contributed by atoms with Crippen molar-refractivity contribution in [2.75, 3.05) is 0 Å². The van der Waals surface area contributed by atoms with Crippen LogP contribution in [0.3, 0.4) is 0 Å². The van der Waals surface area contributed by atoms with Crippen molar-refractivity contribution >= 4 is 0 Å². The van der Waals surface area contributed by atoms with Crippen molar-refractivity contribution in [3.05, 3.63) is 24.3 Å². The summed E-state index contributed by atoms with van der Waals surface area (Å²) in [6.07, 6.45) is 17.6. The molecule has 0 radical (unpaired) electrons. The van der Waals surface area contributed by atoms with Gasteiger partial charge in [-0.1, -0.05) is 24.3 Å². The molecule has 1 saturated heterocycles. The normalized spacial score (nSPS) is 36.9. The Balaban J connectivity index is 1.80. The van der Waals surface area contributed by atoms with Gasteiger partial charge in [0.1, 0.15) is 0 Å². The van der Waals surface area contributed by atoms with Gasteiger partial charge < -0.3 is 4.74 Å². The smallest absolute Gasteiger partial charge is 0.0845 e. The van der Waals surface area contributed by atoms with Crippen LogP contribution in [0.25, 0.3) is 0 Å². The minimum absolute atomic E-state index is 0.581. The van der Waals surface area contributed by atoms with E-state index in [9.17, 15) is 0 Å². The third-order valence-electron chi connectivity index (χ3n) is 2.76. The third-order valence-corrected chi connectivity index (χ3v) is 2.76. The Morgan fingerprint density at radius 2 is 1.15 bits per heavy atom. The zero-order chi connectivity index (χ0) is 8.93. The van der Waals surface area contributed by atoms with E-state index in [4.69, 9.17) is 4.74 Å². The van der Waals surface area contributed by atoms with E-state index in [0.29, 0.717) is 12.2 Å². The van der Waals surface area contributed by atoms with E-state index in [0.717, 1.165) is 0 Å². The van der Waals surface area contributed by atoms with Gasteiger partial charge in [-0.3, -0.25) is 0 Å². The molecule has 72 valence electrons. The molecule has 1 heterocycles. The molecule has 1 aliphatic carbocycles. The van der Waals surface area contributed by atoms with Gasteiger partial charge in [-0.05, 0) is 38.5 Å². The fourth-order valence-corrected chi connectivity index (χ4v) is 1.87. The molecule has 2 atom stereocenters. The first-order valence-corrected chi connectivity index (χ1v) is 5.42. The lowest BCUT2D eigenvalue weighted by molar-refractivity contribution is 0.357. The summed E-state index contributed by atoms with van der Waals surface area (Å²) in [7, 11) is 0. The van der Waals surface area contributed by atoms with Crippen molar-refractivity contribution in [2.45, 2.75) is 50.7 Å². The summed E-state index contributed by atoms with van der Waals surface area (Å²) in [6.45, 7) is 0. The zero-order valence-electron chi connectivity index (χ0n) is 8.11. The standard InChI is InChI=1S/C12H18O/c1-2-4-6-8-10-12-11(13-12)9-7-5-3-1/h3-6,11-12H,1-2,7-10H2/b5-3+,6-4?/t11-,12-/m1/s1. The Morgan fingerprint density at radius 3 is 1.69 bits per heavy atom. The Morgan fingerprint density at radius 1 is 0.692 bits per heavy atom. The highest BCUT2D eigenvalue weighted by atomic mass is 16.6. The van der Waals surface area contributed by atoms with Crippen molar-refractivity contribution < 1.29 is 4.74 Å². The fourth-order valence-electron chi connectivity index (χ4n) is 1.87. The quantitative estimate of drug-likeness (QED) is 0.410. The molecule has 0 N–H and O–H groups in total. The second kappa shape index (κ2) is 4.61. The third kappa shape index (κ3) is 3.00. The minimum Gasteiger partial charge on any atom is -0.370 e. The van der Waals surface area contributed by atoms with Gasteiger partial charge in [0, 0.05) is 0 Å². The lowest BCUT2D eigenvalue weighted by atomic mass is 10.1. The summed E-state index contributed by atoms with van der Waals surface area (Å²) in [5.74, 6) is 0. The monoisotopic (exact) mass is 178 g/mol. The zero-order valence-corrected chi connectivity index (χ0v) is 8.11. The molecule has 0 aromatic heterocycles. The average molecular weight is 178 g/mol. The largest absolute Gasteiger partial charge is 0.370 e. The van der Waals surface area contributed by atoms with E-state index in [1.165, 1.54) is 38.5 Å². The molecule has 0 saturated carbocycles. The Bertz CT molecular complexity index is 183. The average Bonchev–Trinajstić information content (AvgIpc) is 2.83. The molecule has 0 spiro atoms. The van der Waals surface area contributed by atoms with Crippen molar-refractivity contribution in [1.82, 2.24) is 0 Å². The molecule has 1 aliphatic heterocycles. The first kappa shape index (κ1) is 9.01. The van der Waals surface area contributed by atoms with Crippen LogP contribution in [0.4, 0.5) is 0 Å². The van der Waals surface area contributed by atoms with Crippen LogP contribution >= 0.6 is 0 Å². The number of hydrogen-bond donors (Lipinski definition) is 0. The molecule has 2 aliphatic rings. The Kier molecular flexibility index (Phi) is 3.20. The molecule has 1 fully saturated rings. The van der Waals surface area contributed by atoms with Crippen LogP contribution in [0.5, 0.6) is 0 Å². The van der Waals surface area contributed by atoms with Crippen molar-refractivity contribution in [2.24, 2.45) is 0 Å². The van der Waals surface area contributed by atoms with Gasteiger partial charge >= 0.3 is 0 Å². The van der Waals surface area contributed by atoms with Gasteiger partial charge in [-0.15, -0.1) is 0 Å². The highest BCUT2D eigenvalue weighted by Gasteiger charge is 2.36. The van der Waals surface area contributed by atoms with Crippen molar-refractivity contribution in [1.29, 1.82) is 0 Å². The second-order valence-electron chi connectivity index (χ2n) is 3.89. The summed E-state index contributed by atoms with van der Waals surface area (Å²) >= 11 is 0. The number of epoxide rings is 1. The van der Waals surface area contributed by atoms with Gasteiger partial charge in [0.05, 0.1) is 12.2 Å². The molecule has 0 amide bonds. The maximum absolute atomic E-state index is 5.56. The van der Waals surface area contributed by atoms with E-state index in [-0.39, 0.29) is 0 Å². The molecule has 1 heteroatoms. The van der Waals surface area contributed by atoms with Gasteiger partial charge in [0.25, 0.3) is 0 Å². The Hall–Kier alpha value is -0.560. The maximum atomic E-state index is 5.56. The van der Waals surface area contributed by atoms with Crippen molar-refractivity contribution in [3.63, 3.8) is 0 Å². The van der Waals surface area contributed by atoms with E-state index in [1.807, 2.05) is 0 Å². The molecule has 0 aromatic rings. The van der Waals surface area contributed by atoms with Crippen LogP contribution in [0, 0.1) is 0 Å². The summed E-state index contributed by atoms with van der Waals surface area (Å²) in [5, 5.41) is 0. The second-order valence-corrected chi connectivity index (χ2v) is 3.89. The van der Waals surface area contributed by atoms with Crippen LogP contribution in [-0.4, -0.2) is 12.2 Å². The van der Waals surface area contributed by atoms with Crippen LogP contribution in [-0.2, 0) is 4.74 Å². The van der Waals surface area contributed by atoms with Crippen molar-refractivity contribution in [3.8, 4) is 0 Å². The van der Waals surface area contributed by atoms with E-state index in [1.54, 1.807) is 0 Å². The van der Waals surface area contributed by atoms with Crippen LogP contribution in [0.2, 0.25) is 0 Å². The number of allylic oxidation sites excluding steroid dienone is 4. The number of rotatable bonds is 0. The van der Waals surface area contributed by atoms with Crippen LogP contribution in [0.1, 0.15) is 38.5 Å².